The van der Waals surface area contributed by atoms with E-state index in [0.29, 0.717) is 16.1 Å². The molecular weight excluding hydrogens is 280 g/mol. The molecule has 0 radical (unpaired) electrons. The molecule has 0 atom stereocenters. The number of amides is 1. The molecule has 2 aromatic rings. The first-order valence-corrected chi connectivity index (χ1v) is 6.68. The average molecular weight is 294 g/mol. The topological polar surface area (TPSA) is 86.7 Å². The van der Waals surface area contributed by atoms with Gasteiger partial charge in [0.1, 0.15) is 4.88 Å². The third kappa shape index (κ3) is 2.00. The molecule has 0 fully saturated rings. The lowest BCUT2D eigenvalue weighted by Gasteiger charge is -2.11. The van der Waals surface area contributed by atoms with Gasteiger partial charge >= 0.3 is 0 Å². The van der Waals surface area contributed by atoms with Crippen LogP contribution in [0.1, 0.15) is 20.1 Å². The fraction of sp³-hybridized carbons (Fsp3) is 0.308. The van der Waals surface area contributed by atoms with Gasteiger partial charge in [0.25, 0.3) is 5.91 Å². The third-order valence-electron chi connectivity index (χ3n) is 3.06. The van der Waals surface area contributed by atoms with E-state index in [1.807, 2.05) is 0 Å². The van der Waals surface area contributed by atoms with E-state index in [9.17, 15) is 19.5 Å². The van der Waals surface area contributed by atoms with Crippen molar-refractivity contribution in [1.82, 2.24) is 4.90 Å². The third-order valence-corrected chi connectivity index (χ3v) is 4.14. The van der Waals surface area contributed by atoms with Crippen LogP contribution < -0.4 is 16.2 Å². The monoisotopic (exact) mass is 294 g/mol. The molecule has 0 aliphatic heterocycles. The number of aromatic hydroxyl groups is 1. The summed E-state index contributed by atoms with van der Waals surface area (Å²) in [4.78, 5) is 36.7. The molecule has 0 aliphatic carbocycles. The number of rotatable bonds is 3. The smallest absolute Gasteiger partial charge is 0.267 e. The lowest BCUT2D eigenvalue weighted by molar-refractivity contribution is 0.0829. The zero-order chi connectivity index (χ0) is 15.2. The van der Waals surface area contributed by atoms with E-state index in [0.717, 1.165) is 11.3 Å². The van der Waals surface area contributed by atoms with Crippen molar-refractivity contribution in [3.63, 3.8) is 0 Å². The zero-order valence-corrected chi connectivity index (χ0v) is 12.3. The zero-order valence-electron chi connectivity index (χ0n) is 11.5. The highest BCUT2D eigenvalue weighted by molar-refractivity contribution is 7.15. The van der Waals surface area contributed by atoms with E-state index >= 15 is 0 Å². The van der Waals surface area contributed by atoms with Crippen LogP contribution in [-0.2, 0) is 0 Å². The Kier molecular flexibility index (Phi) is 3.39. The van der Waals surface area contributed by atoms with Crippen LogP contribution in [0.4, 0.5) is 11.4 Å². The van der Waals surface area contributed by atoms with Crippen LogP contribution in [0.2, 0.25) is 0 Å². The molecule has 1 heterocycles. The molecule has 0 saturated carbocycles. The lowest BCUT2D eigenvalue weighted by atomic mass is 10.1. The Balaban J connectivity index is 2.42. The predicted molar refractivity (Wildman–Crippen MR) is 78.1 cm³/mol. The van der Waals surface area contributed by atoms with Gasteiger partial charge in [-0.3, -0.25) is 14.4 Å². The van der Waals surface area contributed by atoms with Crippen LogP contribution >= 0.6 is 11.3 Å². The highest BCUT2D eigenvalue weighted by Gasteiger charge is 2.25. The van der Waals surface area contributed by atoms with Gasteiger partial charge < -0.3 is 15.3 Å². The largest absolute Gasteiger partial charge is 0.504 e. The van der Waals surface area contributed by atoms with Crippen molar-refractivity contribution in [2.75, 3.05) is 19.4 Å². The van der Waals surface area contributed by atoms with E-state index in [1.165, 1.54) is 11.8 Å². The first kappa shape index (κ1) is 14.3. The fourth-order valence-corrected chi connectivity index (χ4v) is 2.83. The number of hydrogen-bond donors (Lipinski definition) is 2. The van der Waals surface area contributed by atoms with Gasteiger partial charge in [0.2, 0.25) is 10.9 Å². The number of carbonyl (C=O) groups is 1. The Hall–Kier alpha value is -2.15. The second kappa shape index (κ2) is 4.75. The Morgan fingerprint density at radius 3 is 2.25 bits per heavy atom. The number of hydrogen-bond acceptors (Lipinski definition) is 6. The maximum absolute atomic E-state index is 11.9. The minimum atomic E-state index is -0.604. The molecule has 6 nitrogen and oxygen atoms in total. The molecule has 0 spiro atoms. The maximum Gasteiger partial charge on any atom is 0.267 e. The quantitative estimate of drug-likeness (QED) is 0.828. The summed E-state index contributed by atoms with van der Waals surface area (Å²) < 4.78 is 0. The van der Waals surface area contributed by atoms with E-state index in [2.05, 4.69) is 5.32 Å². The number of thiophene rings is 1. The van der Waals surface area contributed by atoms with Gasteiger partial charge in [0.15, 0.2) is 5.75 Å². The van der Waals surface area contributed by atoms with Gasteiger partial charge in [-0.2, -0.15) is 0 Å². The van der Waals surface area contributed by atoms with E-state index in [-0.39, 0.29) is 22.2 Å². The molecule has 1 aromatic carbocycles. The summed E-state index contributed by atoms with van der Waals surface area (Å²) in [6, 6.07) is 0. The fourth-order valence-electron chi connectivity index (χ4n) is 1.81. The SMILES string of the molecule is Cc1sc(C(=O)N(C)C)c(O)c1Nc1c(C)c(=O)c1=O. The van der Waals surface area contributed by atoms with Crippen LogP contribution in [-0.4, -0.2) is 30.0 Å². The molecule has 20 heavy (non-hydrogen) atoms. The highest BCUT2D eigenvalue weighted by atomic mass is 32.1. The standard InChI is InChI=1S/C13H14N2O4S/c1-5-7(10(17)9(5)16)14-8-6(2)20-12(11(8)18)13(19)15(3)4/h14,18H,1-4H3. The van der Waals surface area contributed by atoms with Gasteiger partial charge in [0.05, 0.1) is 11.4 Å². The predicted octanol–water partition coefficient (Wildman–Crippen LogP) is 1.11. The first-order chi connectivity index (χ1) is 9.25. The molecular formula is C13H14N2O4S. The van der Waals surface area contributed by atoms with Crippen molar-refractivity contribution < 1.29 is 9.90 Å². The Labute approximate surface area is 119 Å². The van der Waals surface area contributed by atoms with Crippen LogP contribution in [0, 0.1) is 13.8 Å². The van der Waals surface area contributed by atoms with Crippen molar-refractivity contribution in [1.29, 1.82) is 0 Å². The lowest BCUT2D eigenvalue weighted by Crippen LogP contribution is -2.36. The molecule has 1 amide bonds. The van der Waals surface area contributed by atoms with Gasteiger partial charge in [-0.15, -0.1) is 11.3 Å². The number of aryl methyl sites for hydroxylation is 1. The number of anilines is 2. The molecule has 1 aromatic heterocycles. The highest BCUT2D eigenvalue weighted by Crippen LogP contribution is 2.40. The van der Waals surface area contributed by atoms with Crippen LogP contribution in [0.3, 0.4) is 0 Å². The summed E-state index contributed by atoms with van der Waals surface area (Å²) in [5.41, 5.74) is -0.316. The number of nitrogens with one attached hydrogen (secondary N) is 1. The van der Waals surface area contributed by atoms with E-state index < -0.39 is 10.9 Å². The van der Waals surface area contributed by atoms with Crippen LogP contribution in [0.15, 0.2) is 9.59 Å². The van der Waals surface area contributed by atoms with Gasteiger partial charge in [-0.25, -0.2) is 0 Å². The van der Waals surface area contributed by atoms with E-state index in [1.54, 1.807) is 21.0 Å². The summed E-state index contributed by atoms with van der Waals surface area (Å²) in [6.45, 7) is 3.26. The minimum Gasteiger partial charge on any atom is -0.504 e. The van der Waals surface area contributed by atoms with Crippen molar-refractivity contribution in [2.45, 2.75) is 13.8 Å². The molecule has 0 bridgehead atoms. The van der Waals surface area contributed by atoms with Crippen LogP contribution in [0.5, 0.6) is 5.75 Å². The van der Waals surface area contributed by atoms with Gasteiger partial charge in [-0.1, -0.05) is 0 Å². The normalized spacial score (nSPS) is 10.8. The second-order valence-electron chi connectivity index (χ2n) is 4.69. The molecule has 7 heteroatoms. The number of nitrogens with zero attached hydrogens (tertiary/aromatic N) is 1. The molecule has 0 unspecified atom stereocenters. The Morgan fingerprint density at radius 2 is 1.75 bits per heavy atom. The van der Waals surface area contributed by atoms with Gasteiger partial charge in [-0.05, 0) is 13.8 Å². The average Bonchev–Trinajstić information content (AvgIpc) is 2.69. The van der Waals surface area contributed by atoms with Gasteiger partial charge in [0, 0.05) is 24.5 Å². The first-order valence-electron chi connectivity index (χ1n) is 5.86. The molecule has 2 rings (SSSR count). The second-order valence-corrected chi connectivity index (χ2v) is 5.92. The molecule has 2 N–H and O–H groups in total. The van der Waals surface area contributed by atoms with Crippen molar-refractivity contribution in [3.8, 4) is 5.75 Å². The summed E-state index contributed by atoms with van der Waals surface area (Å²) in [5, 5.41) is 12.9. The number of carbonyl (C=O) groups excluding carboxylic acids is 1. The molecule has 0 aliphatic rings. The summed E-state index contributed by atoms with van der Waals surface area (Å²) in [5.74, 6) is -0.510. The Bertz CT molecular complexity index is 766. The van der Waals surface area contributed by atoms with Crippen molar-refractivity contribution >= 4 is 28.6 Å². The summed E-state index contributed by atoms with van der Waals surface area (Å²) in [6.07, 6.45) is 0. The maximum atomic E-state index is 11.9. The van der Waals surface area contributed by atoms with E-state index in [4.69, 9.17) is 0 Å². The van der Waals surface area contributed by atoms with Crippen LogP contribution in [0.25, 0.3) is 0 Å². The van der Waals surface area contributed by atoms with Crippen molar-refractivity contribution in [3.05, 3.63) is 35.8 Å². The molecule has 0 saturated heterocycles. The Morgan fingerprint density at radius 1 is 1.15 bits per heavy atom. The summed E-state index contributed by atoms with van der Waals surface area (Å²) in [7, 11) is 3.18. The van der Waals surface area contributed by atoms with Crippen molar-refractivity contribution in [2.24, 2.45) is 0 Å². The minimum absolute atomic E-state index is 0.176. The molecule has 106 valence electrons. The summed E-state index contributed by atoms with van der Waals surface area (Å²) >= 11 is 1.13.